The SMILES string of the molecule is CCCCCCNCCOC(=O)CCCCC(C)N(CCO)C(C)CCCCC(=O)OCCN(CCCCCC)CCCCCC. The standard InChI is InChI=1S/C38H77N3O5/c1-6-9-12-19-26-39-27-33-45-37(43)24-17-15-22-35(4)41(30-32-42)36(5)23-16-18-25-38(44)46-34-31-40(28-20-13-10-7-2)29-21-14-11-8-3/h35-36,39,42H,6-34H2,1-5H3. The number of nitrogens with one attached hydrogen (secondary N) is 1. The average Bonchev–Trinajstić information content (AvgIpc) is 3.04. The second-order valence-corrected chi connectivity index (χ2v) is 13.4. The van der Waals surface area contributed by atoms with Gasteiger partial charge >= 0.3 is 11.9 Å². The molecular weight excluding hydrogens is 578 g/mol. The molecule has 0 aromatic rings. The molecule has 0 fully saturated rings. The van der Waals surface area contributed by atoms with E-state index >= 15 is 0 Å². The summed E-state index contributed by atoms with van der Waals surface area (Å²) >= 11 is 0. The van der Waals surface area contributed by atoms with Crippen molar-refractivity contribution in [3.05, 3.63) is 0 Å². The fraction of sp³-hybridized carbons (Fsp3) is 0.947. The van der Waals surface area contributed by atoms with E-state index in [9.17, 15) is 14.7 Å². The smallest absolute Gasteiger partial charge is 0.305 e. The van der Waals surface area contributed by atoms with Crippen LogP contribution in [0.2, 0.25) is 0 Å². The van der Waals surface area contributed by atoms with Gasteiger partial charge < -0.3 is 19.9 Å². The highest BCUT2D eigenvalue weighted by atomic mass is 16.5. The van der Waals surface area contributed by atoms with Gasteiger partial charge in [0.1, 0.15) is 13.2 Å². The molecule has 274 valence electrons. The van der Waals surface area contributed by atoms with Gasteiger partial charge in [-0.3, -0.25) is 19.4 Å². The molecule has 0 aliphatic heterocycles. The predicted octanol–water partition coefficient (Wildman–Crippen LogP) is 7.90. The normalized spacial score (nSPS) is 13.0. The third-order valence-electron chi connectivity index (χ3n) is 9.07. The first kappa shape index (κ1) is 44.8. The van der Waals surface area contributed by atoms with Crippen molar-refractivity contribution >= 4 is 11.9 Å². The maximum atomic E-state index is 12.4. The molecule has 2 unspecified atom stereocenters. The number of hydrogen-bond donors (Lipinski definition) is 2. The van der Waals surface area contributed by atoms with Gasteiger partial charge in [-0.05, 0) is 78.4 Å². The van der Waals surface area contributed by atoms with Crippen LogP contribution in [0.25, 0.3) is 0 Å². The molecule has 2 N–H and O–H groups in total. The summed E-state index contributed by atoms with van der Waals surface area (Å²) in [5.74, 6) is -0.191. The van der Waals surface area contributed by atoms with E-state index in [1.54, 1.807) is 0 Å². The molecule has 0 saturated carbocycles. The van der Waals surface area contributed by atoms with Crippen LogP contribution in [0.15, 0.2) is 0 Å². The Balaban J connectivity index is 4.17. The number of aliphatic hydroxyl groups is 1. The van der Waals surface area contributed by atoms with Crippen molar-refractivity contribution in [2.24, 2.45) is 0 Å². The number of unbranched alkanes of at least 4 members (excludes halogenated alkanes) is 11. The van der Waals surface area contributed by atoms with E-state index in [0.717, 1.165) is 71.2 Å². The van der Waals surface area contributed by atoms with Gasteiger partial charge in [-0.15, -0.1) is 0 Å². The summed E-state index contributed by atoms with van der Waals surface area (Å²) in [6, 6.07) is 0.651. The second-order valence-electron chi connectivity index (χ2n) is 13.4. The molecule has 0 bridgehead atoms. The molecule has 0 aliphatic rings. The van der Waals surface area contributed by atoms with Crippen LogP contribution in [0.4, 0.5) is 0 Å². The van der Waals surface area contributed by atoms with Crippen LogP contribution in [-0.2, 0) is 19.1 Å². The first-order valence-electron chi connectivity index (χ1n) is 19.5. The molecule has 0 heterocycles. The highest BCUT2D eigenvalue weighted by Crippen LogP contribution is 2.17. The third kappa shape index (κ3) is 27.9. The van der Waals surface area contributed by atoms with Crippen LogP contribution in [0.5, 0.6) is 0 Å². The summed E-state index contributed by atoms with van der Waals surface area (Å²) in [7, 11) is 0. The van der Waals surface area contributed by atoms with Crippen molar-refractivity contribution in [3.63, 3.8) is 0 Å². The van der Waals surface area contributed by atoms with Crippen molar-refractivity contribution in [1.29, 1.82) is 0 Å². The van der Waals surface area contributed by atoms with E-state index < -0.39 is 0 Å². The minimum atomic E-state index is -0.110. The molecule has 46 heavy (non-hydrogen) atoms. The maximum absolute atomic E-state index is 12.4. The lowest BCUT2D eigenvalue weighted by atomic mass is 10.0. The van der Waals surface area contributed by atoms with E-state index in [-0.39, 0.29) is 18.5 Å². The predicted molar refractivity (Wildman–Crippen MR) is 193 cm³/mol. The van der Waals surface area contributed by atoms with Crippen LogP contribution >= 0.6 is 0 Å². The Bertz CT molecular complexity index is 669. The summed E-state index contributed by atoms with van der Waals surface area (Å²) < 4.78 is 11.0. The first-order valence-corrected chi connectivity index (χ1v) is 19.5. The third-order valence-corrected chi connectivity index (χ3v) is 9.07. The van der Waals surface area contributed by atoms with Gasteiger partial charge in [0.2, 0.25) is 0 Å². The number of hydrogen-bond acceptors (Lipinski definition) is 8. The Labute approximate surface area is 285 Å². The zero-order valence-corrected chi connectivity index (χ0v) is 31.1. The van der Waals surface area contributed by atoms with Gasteiger partial charge in [0.15, 0.2) is 0 Å². The van der Waals surface area contributed by atoms with Crippen LogP contribution < -0.4 is 5.32 Å². The Kier molecular flexibility index (Phi) is 32.8. The lowest BCUT2D eigenvalue weighted by Gasteiger charge is -2.34. The fourth-order valence-corrected chi connectivity index (χ4v) is 6.07. The average molecular weight is 656 g/mol. The monoisotopic (exact) mass is 656 g/mol. The fourth-order valence-electron chi connectivity index (χ4n) is 6.07. The molecular formula is C38H77N3O5. The first-order chi connectivity index (χ1) is 22.4. The number of carbonyl (C=O) groups excluding carboxylic acids is 2. The molecule has 0 aromatic carbocycles. The van der Waals surface area contributed by atoms with E-state index in [1.807, 2.05) is 0 Å². The Hall–Kier alpha value is -1.22. The lowest BCUT2D eigenvalue weighted by Crippen LogP contribution is -2.42. The van der Waals surface area contributed by atoms with Crippen molar-refractivity contribution in [2.75, 3.05) is 59.1 Å². The molecule has 2 atom stereocenters. The molecule has 0 spiro atoms. The molecule has 0 saturated heterocycles. The number of rotatable bonds is 35. The van der Waals surface area contributed by atoms with Gasteiger partial charge in [0, 0.05) is 44.6 Å². The number of aliphatic hydroxyl groups excluding tert-OH is 1. The zero-order chi connectivity index (χ0) is 34.1. The summed E-state index contributed by atoms with van der Waals surface area (Å²) in [4.78, 5) is 29.4. The summed E-state index contributed by atoms with van der Waals surface area (Å²) in [6.45, 7) is 17.6. The summed E-state index contributed by atoms with van der Waals surface area (Å²) in [5, 5.41) is 13.0. The van der Waals surface area contributed by atoms with Crippen molar-refractivity contribution in [3.8, 4) is 0 Å². The van der Waals surface area contributed by atoms with Gasteiger partial charge in [-0.1, -0.05) is 91.4 Å². The Morgan fingerprint density at radius 1 is 0.587 bits per heavy atom. The highest BCUT2D eigenvalue weighted by molar-refractivity contribution is 5.69. The van der Waals surface area contributed by atoms with Crippen molar-refractivity contribution < 1.29 is 24.2 Å². The van der Waals surface area contributed by atoms with E-state index in [4.69, 9.17) is 9.47 Å². The topological polar surface area (TPSA) is 91.3 Å². The molecule has 8 nitrogen and oxygen atoms in total. The molecule has 0 rings (SSSR count). The summed E-state index contributed by atoms with van der Waals surface area (Å²) in [6.07, 6.45) is 21.6. The molecule has 0 radical (unpaired) electrons. The Morgan fingerprint density at radius 3 is 1.59 bits per heavy atom. The van der Waals surface area contributed by atoms with Crippen LogP contribution in [0.1, 0.15) is 163 Å². The largest absolute Gasteiger partial charge is 0.464 e. The highest BCUT2D eigenvalue weighted by Gasteiger charge is 2.19. The number of carbonyl (C=O) groups is 2. The van der Waals surface area contributed by atoms with Gasteiger partial charge in [-0.25, -0.2) is 0 Å². The molecule has 8 heteroatoms. The van der Waals surface area contributed by atoms with Crippen LogP contribution in [-0.4, -0.2) is 98.0 Å². The van der Waals surface area contributed by atoms with Crippen LogP contribution in [0, 0.1) is 0 Å². The van der Waals surface area contributed by atoms with E-state index in [0.29, 0.717) is 44.7 Å². The minimum Gasteiger partial charge on any atom is -0.464 e. The van der Waals surface area contributed by atoms with Crippen LogP contribution in [0.3, 0.4) is 0 Å². The zero-order valence-electron chi connectivity index (χ0n) is 31.1. The van der Waals surface area contributed by atoms with E-state index in [2.05, 4.69) is 49.7 Å². The molecule has 0 aliphatic carbocycles. The molecule has 0 aromatic heterocycles. The van der Waals surface area contributed by atoms with Crippen molar-refractivity contribution in [1.82, 2.24) is 15.1 Å². The van der Waals surface area contributed by atoms with Crippen molar-refractivity contribution in [2.45, 2.75) is 175 Å². The quantitative estimate of drug-likeness (QED) is 0.0526. The number of ether oxygens (including phenoxy) is 2. The van der Waals surface area contributed by atoms with Gasteiger partial charge in [0.25, 0.3) is 0 Å². The minimum absolute atomic E-state index is 0.0812. The van der Waals surface area contributed by atoms with Gasteiger partial charge in [-0.2, -0.15) is 0 Å². The second kappa shape index (κ2) is 33.7. The van der Waals surface area contributed by atoms with E-state index in [1.165, 1.54) is 77.0 Å². The van der Waals surface area contributed by atoms with Gasteiger partial charge in [0.05, 0.1) is 6.61 Å². The lowest BCUT2D eigenvalue weighted by molar-refractivity contribution is -0.144. The maximum Gasteiger partial charge on any atom is 0.305 e. The number of nitrogens with zero attached hydrogens (tertiary/aromatic N) is 2. The Morgan fingerprint density at radius 2 is 1.09 bits per heavy atom. The summed E-state index contributed by atoms with van der Waals surface area (Å²) in [5.41, 5.74) is 0. The molecule has 0 amide bonds. The number of esters is 2.